The van der Waals surface area contributed by atoms with Gasteiger partial charge in [-0.25, -0.2) is 0 Å². The molecule has 0 heterocycles. The summed E-state index contributed by atoms with van der Waals surface area (Å²) in [5.41, 5.74) is 15.8. The van der Waals surface area contributed by atoms with Gasteiger partial charge in [-0.3, -0.25) is 0 Å². The fourth-order valence-corrected chi connectivity index (χ4v) is 19.8. The topological polar surface area (TPSA) is 0 Å². The van der Waals surface area contributed by atoms with Crippen molar-refractivity contribution >= 4 is 0 Å². The molecule has 0 heteroatoms. The second-order valence-corrected chi connectivity index (χ2v) is 29.0. The van der Waals surface area contributed by atoms with Crippen LogP contribution < -0.4 is 0 Å². The van der Waals surface area contributed by atoms with Crippen molar-refractivity contribution in [3.05, 3.63) is 202 Å². The van der Waals surface area contributed by atoms with Crippen molar-refractivity contribution in [1.82, 2.24) is 0 Å². The van der Waals surface area contributed by atoms with Gasteiger partial charge in [0.25, 0.3) is 0 Å². The molecule has 5 aromatic carbocycles. The molecule has 14 rings (SSSR count). The van der Waals surface area contributed by atoms with E-state index in [9.17, 15) is 0 Å². The molecule has 79 heavy (non-hydrogen) atoms. The summed E-state index contributed by atoms with van der Waals surface area (Å²) in [6.45, 7) is 36.8. The zero-order valence-corrected chi connectivity index (χ0v) is 52.1. The van der Waals surface area contributed by atoms with Crippen molar-refractivity contribution in [3.63, 3.8) is 0 Å². The third-order valence-electron chi connectivity index (χ3n) is 25.3. The van der Waals surface area contributed by atoms with E-state index in [0.29, 0.717) is 40.4 Å². The summed E-state index contributed by atoms with van der Waals surface area (Å²) in [7, 11) is 0. The predicted octanol–water partition coefficient (Wildman–Crippen LogP) is 22.2. The second kappa shape index (κ2) is 23.8. The van der Waals surface area contributed by atoms with Crippen LogP contribution in [0.25, 0.3) is 0 Å². The lowest BCUT2D eigenvalue weighted by atomic mass is 9.43. The lowest BCUT2D eigenvalue weighted by Gasteiger charge is -2.62. The Morgan fingerprint density at radius 3 is 0.975 bits per heavy atom. The van der Waals surface area contributed by atoms with Crippen LogP contribution >= 0.6 is 0 Å². The zero-order valence-electron chi connectivity index (χ0n) is 52.1. The first-order chi connectivity index (χ1) is 37.9. The molecule has 0 amide bonds. The minimum atomic E-state index is 0.358. The number of fused-ring (bicyclic) bond motifs is 2. The van der Waals surface area contributed by atoms with E-state index < -0.39 is 0 Å². The monoisotopic (exact) mass is 1050 g/mol. The lowest BCUT2D eigenvalue weighted by molar-refractivity contribution is -0.0475. The van der Waals surface area contributed by atoms with Crippen molar-refractivity contribution in [3.8, 4) is 0 Å². The molecule has 9 aliphatic carbocycles. The Morgan fingerprint density at radius 1 is 0.392 bits per heavy atom. The average molecular weight is 1060 g/mol. The zero-order chi connectivity index (χ0) is 56.1. The third kappa shape index (κ3) is 10.6. The molecule has 5 aromatic rings. The van der Waals surface area contributed by atoms with Crippen LogP contribution in [0.3, 0.4) is 0 Å². The van der Waals surface area contributed by atoms with Gasteiger partial charge in [-0.2, -0.15) is 0 Å². The van der Waals surface area contributed by atoms with Gasteiger partial charge in [0.2, 0.25) is 0 Å². The fourth-order valence-electron chi connectivity index (χ4n) is 19.8. The largest absolute Gasteiger partial charge is 0.0704 e. The Bertz CT molecular complexity index is 2510. The highest BCUT2D eigenvalue weighted by molar-refractivity contribution is 5.49. The molecule has 6 fully saturated rings. The highest BCUT2D eigenvalue weighted by atomic mass is 14.7. The smallest absolute Gasteiger partial charge is 0.00120 e. The summed E-state index contributed by atoms with van der Waals surface area (Å²) in [6.07, 6.45) is 11.8. The van der Waals surface area contributed by atoms with Crippen molar-refractivity contribution in [2.75, 3.05) is 0 Å². The van der Waals surface area contributed by atoms with E-state index in [0.717, 1.165) is 88.8 Å². The molecule has 0 saturated heterocycles. The van der Waals surface area contributed by atoms with Gasteiger partial charge in [-0.05, 0) is 197 Å². The van der Waals surface area contributed by atoms with E-state index >= 15 is 0 Å². The first-order valence-corrected chi connectivity index (χ1v) is 32.6. The van der Waals surface area contributed by atoms with Crippen LogP contribution in [-0.4, -0.2) is 0 Å². The molecule has 0 aromatic heterocycles. The minimum Gasteiger partial charge on any atom is -0.0704 e. The molecule has 422 valence electrons. The molecule has 10 atom stereocenters. The Hall–Kier alpha value is -4.42. The number of hydrogen-bond acceptors (Lipinski definition) is 0. The maximum absolute atomic E-state index is 2.52. The van der Waals surface area contributed by atoms with E-state index in [1.807, 2.05) is 16.7 Å². The normalized spacial score (nSPS) is 38.5. The van der Waals surface area contributed by atoms with Crippen molar-refractivity contribution < 1.29 is 0 Å². The van der Waals surface area contributed by atoms with Crippen LogP contribution in [0.15, 0.2) is 174 Å². The number of rotatable bonds is 8. The second-order valence-electron chi connectivity index (χ2n) is 29.0. The van der Waals surface area contributed by atoms with Gasteiger partial charge in [0.1, 0.15) is 0 Å². The SMILES string of the molecule is CC1=C(C2CCCC2C)[C@@H](C)C2CC12C(C)C.CC1=C(C2CCCC2C)[C@@H]2C[C@H]([C@H]1C)C2(C)C.CC1C(C)C(C)C(C)C1C.c1ccc(C2C(c3ccccc3)C(c3ccccc3)C(c3ccccc3)C2c2ccccc2)cc1. The molecule has 6 unspecified atom stereocenters. The van der Waals surface area contributed by atoms with E-state index in [1.165, 1.54) is 79.2 Å². The minimum absolute atomic E-state index is 0.358. The molecular weight excluding hydrogens is 949 g/mol. The van der Waals surface area contributed by atoms with Crippen molar-refractivity contribution in [2.45, 2.75) is 185 Å². The van der Waals surface area contributed by atoms with Crippen LogP contribution in [-0.2, 0) is 0 Å². The first-order valence-electron chi connectivity index (χ1n) is 32.6. The summed E-state index contributed by atoms with van der Waals surface area (Å²) >= 11 is 0. The van der Waals surface area contributed by atoms with Gasteiger partial charge in [0, 0.05) is 0 Å². The van der Waals surface area contributed by atoms with Crippen LogP contribution in [0, 0.1) is 99.6 Å². The molecule has 9 aliphatic rings. The maximum Gasteiger partial charge on any atom is -0.00120 e. The summed E-state index contributed by atoms with van der Waals surface area (Å²) in [5.74, 6) is 15.7. The third-order valence-corrected chi connectivity index (χ3v) is 25.3. The van der Waals surface area contributed by atoms with Crippen LogP contribution in [0.4, 0.5) is 0 Å². The van der Waals surface area contributed by atoms with E-state index in [4.69, 9.17) is 0 Å². The molecule has 0 N–H and O–H groups in total. The van der Waals surface area contributed by atoms with Crippen LogP contribution in [0.1, 0.15) is 213 Å². The molecule has 0 spiro atoms. The number of benzene rings is 5. The molecular formula is C79H106. The Balaban J connectivity index is 0.000000133. The molecule has 2 bridgehead atoms. The first kappa shape index (κ1) is 57.8. The molecule has 0 radical (unpaired) electrons. The molecule has 0 nitrogen and oxygen atoms in total. The van der Waals surface area contributed by atoms with E-state index in [-0.39, 0.29) is 0 Å². The van der Waals surface area contributed by atoms with Gasteiger partial charge >= 0.3 is 0 Å². The van der Waals surface area contributed by atoms with Gasteiger partial charge in [-0.1, -0.05) is 290 Å². The fraction of sp³-hybridized carbons (Fsp3) is 0.570. The van der Waals surface area contributed by atoms with Crippen LogP contribution in [0.2, 0.25) is 0 Å². The number of allylic oxidation sites excluding steroid dienone is 4. The summed E-state index contributed by atoms with van der Waals surface area (Å²) in [5, 5.41) is 0. The predicted molar refractivity (Wildman–Crippen MR) is 339 cm³/mol. The van der Waals surface area contributed by atoms with Gasteiger partial charge < -0.3 is 0 Å². The number of hydrogen-bond donors (Lipinski definition) is 0. The average Bonchev–Trinajstić information content (AvgIpc) is 3.20. The maximum atomic E-state index is 2.52. The lowest BCUT2D eigenvalue weighted by Crippen LogP contribution is -2.54. The van der Waals surface area contributed by atoms with Gasteiger partial charge in [0.15, 0.2) is 0 Å². The summed E-state index contributed by atoms with van der Waals surface area (Å²) in [4.78, 5) is 0. The molecule has 0 aliphatic heterocycles. The Labute approximate surface area is 483 Å². The van der Waals surface area contributed by atoms with E-state index in [2.05, 4.69) is 256 Å². The highest BCUT2D eigenvalue weighted by Crippen LogP contribution is 2.73. The summed E-state index contributed by atoms with van der Waals surface area (Å²) < 4.78 is 0. The summed E-state index contributed by atoms with van der Waals surface area (Å²) in [6, 6.07) is 56.1. The van der Waals surface area contributed by atoms with Gasteiger partial charge in [0.05, 0.1) is 0 Å². The standard InChI is InChI=1S/C35H30.2C17H28.C10H20/c1-6-16-26(17-7-1)31-32(27-18-8-2-9-19-27)34(29-22-12-4-13-23-29)35(30-24-14-5-15-25-30)33(31)28-20-10-3-11-21-28;1-10-7-6-8-13(10)16-12(3)11(2)14-9-15(16)17(14,4)5;1-10(2)17-9-15(17)12(4)16(13(17)5)14-8-6-7-11(14)3;1-6-7(2)9(4)10(5)8(6)3/h1-25,31-35H;10-11,13-15H,6-9H2,1-5H3;10-12,14-15H,6-9H2,1-5H3;6-10H,1-5H3/t;10?,11-,13?,14+,15-;11?,12-,14?,15?,17?;/m.00./s1. The van der Waals surface area contributed by atoms with Gasteiger partial charge in [-0.15, -0.1) is 0 Å². The Kier molecular flexibility index (Phi) is 17.4. The van der Waals surface area contributed by atoms with Crippen LogP contribution in [0.5, 0.6) is 0 Å². The Morgan fingerprint density at radius 2 is 0.709 bits per heavy atom. The van der Waals surface area contributed by atoms with Crippen molar-refractivity contribution in [2.24, 2.45) is 99.6 Å². The quantitative estimate of drug-likeness (QED) is 0.136. The van der Waals surface area contributed by atoms with E-state index in [1.54, 1.807) is 5.57 Å². The van der Waals surface area contributed by atoms with Crippen molar-refractivity contribution in [1.29, 1.82) is 0 Å². The highest BCUT2D eigenvalue weighted by Gasteiger charge is 2.65. The molecule has 6 saturated carbocycles.